The predicted molar refractivity (Wildman–Crippen MR) is 115 cm³/mol. The molecule has 1 aromatic carbocycles. The molecule has 3 heterocycles. The summed E-state index contributed by atoms with van der Waals surface area (Å²) in [6.07, 6.45) is -3.78. The third kappa shape index (κ3) is 5.96. The molecule has 4 rings (SSSR count). The molecule has 2 aromatic rings. The number of morpholine rings is 1. The molecular weight excluding hydrogens is 463 g/mol. The Bertz CT molecular complexity index is 919. The molecule has 2 atom stereocenters. The highest BCUT2D eigenvalue weighted by Gasteiger charge is 2.36. The van der Waals surface area contributed by atoms with Crippen molar-refractivity contribution in [2.45, 2.75) is 31.0 Å². The molecule has 2 unspecified atom stereocenters. The lowest BCUT2D eigenvalue weighted by atomic mass is 9.84. The van der Waals surface area contributed by atoms with Gasteiger partial charge in [-0.15, -0.1) is 12.4 Å². The number of aromatic nitrogens is 2. The number of urea groups is 1. The van der Waals surface area contributed by atoms with Gasteiger partial charge in [-0.2, -0.15) is 18.2 Å². The minimum atomic E-state index is -4.39. The zero-order chi connectivity index (χ0) is 22.7. The first kappa shape index (κ1) is 25.3. The van der Waals surface area contributed by atoms with Crippen LogP contribution in [0.15, 0.2) is 28.8 Å². The molecule has 2 fully saturated rings. The molecule has 182 valence electrons. The Hall–Kier alpha value is -2.37. The number of carbonyl (C=O) groups is 1. The van der Waals surface area contributed by atoms with Gasteiger partial charge in [-0.1, -0.05) is 17.3 Å². The molecule has 2 aliphatic heterocycles. The van der Waals surface area contributed by atoms with Crippen LogP contribution in [0.25, 0.3) is 0 Å². The maximum Gasteiger partial charge on any atom is 0.416 e. The first-order valence-electron chi connectivity index (χ1n) is 10.6. The number of ether oxygens (including phenoxy) is 1. The van der Waals surface area contributed by atoms with Gasteiger partial charge in [0.25, 0.3) is 0 Å². The highest BCUT2D eigenvalue weighted by molar-refractivity contribution is 5.85. The van der Waals surface area contributed by atoms with E-state index in [1.165, 1.54) is 12.1 Å². The summed E-state index contributed by atoms with van der Waals surface area (Å²) >= 11 is 0. The molecule has 1 aromatic heterocycles. The van der Waals surface area contributed by atoms with Gasteiger partial charge < -0.3 is 24.4 Å². The number of halogens is 4. The van der Waals surface area contributed by atoms with Gasteiger partial charge >= 0.3 is 12.2 Å². The molecule has 1 N–H and O–H groups in total. The SMILES string of the molecule is CNCc1nc(C2CC(c3ccc(C(F)(F)F)cc3)CN(C(=O)N3CCOCC3)C2)no1.Cl. The second-order valence-electron chi connectivity index (χ2n) is 8.11. The van der Waals surface area contributed by atoms with Crippen LogP contribution in [0.4, 0.5) is 18.0 Å². The number of piperidine rings is 1. The number of hydrogen-bond acceptors (Lipinski definition) is 6. The van der Waals surface area contributed by atoms with Crippen molar-refractivity contribution in [3.05, 3.63) is 47.1 Å². The van der Waals surface area contributed by atoms with Gasteiger partial charge in [-0.05, 0) is 31.2 Å². The fraction of sp³-hybridized carbons (Fsp3) is 0.571. The van der Waals surface area contributed by atoms with E-state index in [4.69, 9.17) is 9.26 Å². The minimum Gasteiger partial charge on any atom is -0.378 e. The first-order valence-corrected chi connectivity index (χ1v) is 10.6. The molecule has 0 bridgehead atoms. The van der Waals surface area contributed by atoms with E-state index in [-0.39, 0.29) is 30.3 Å². The molecule has 0 saturated carbocycles. The second kappa shape index (κ2) is 10.7. The van der Waals surface area contributed by atoms with Crippen LogP contribution in [0.3, 0.4) is 0 Å². The monoisotopic (exact) mass is 489 g/mol. The Balaban J connectivity index is 0.00000306. The molecule has 2 saturated heterocycles. The number of likely N-dealkylation sites (tertiary alicyclic amines) is 1. The third-order valence-corrected chi connectivity index (χ3v) is 5.89. The van der Waals surface area contributed by atoms with Crippen molar-refractivity contribution in [1.82, 2.24) is 25.3 Å². The fourth-order valence-corrected chi connectivity index (χ4v) is 4.24. The molecule has 0 aliphatic carbocycles. The van der Waals surface area contributed by atoms with Gasteiger partial charge in [0, 0.05) is 38.0 Å². The van der Waals surface area contributed by atoms with Crippen LogP contribution in [-0.2, 0) is 17.5 Å². The molecule has 0 spiro atoms. The van der Waals surface area contributed by atoms with E-state index in [9.17, 15) is 18.0 Å². The molecular formula is C21H27ClF3N5O3. The second-order valence-corrected chi connectivity index (χ2v) is 8.11. The van der Waals surface area contributed by atoms with Gasteiger partial charge in [-0.25, -0.2) is 4.79 Å². The average Bonchev–Trinajstić information content (AvgIpc) is 3.27. The maximum absolute atomic E-state index is 13.2. The Morgan fingerprint density at radius 3 is 2.42 bits per heavy atom. The average molecular weight is 490 g/mol. The number of alkyl halides is 3. The summed E-state index contributed by atoms with van der Waals surface area (Å²) in [5.74, 6) is 0.625. The van der Waals surface area contributed by atoms with Crippen LogP contribution in [0.2, 0.25) is 0 Å². The number of carbonyl (C=O) groups excluding carboxylic acids is 1. The highest BCUT2D eigenvalue weighted by atomic mass is 35.5. The third-order valence-electron chi connectivity index (χ3n) is 5.89. The van der Waals surface area contributed by atoms with Crippen molar-refractivity contribution in [1.29, 1.82) is 0 Å². The smallest absolute Gasteiger partial charge is 0.378 e. The van der Waals surface area contributed by atoms with Crippen LogP contribution in [0.5, 0.6) is 0 Å². The first-order chi connectivity index (χ1) is 15.3. The molecule has 12 heteroatoms. The Kier molecular flexibility index (Phi) is 8.19. The molecule has 2 amide bonds. The van der Waals surface area contributed by atoms with Gasteiger partial charge in [0.15, 0.2) is 5.82 Å². The topological polar surface area (TPSA) is 83.7 Å². The van der Waals surface area contributed by atoms with Crippen molar-refractivity contribution < 1.29 is 27.2 Å². The standard InChI is InChI=1S/C21H26F3N5O3.ClH/c1-25-11-18-26-19(27-32-18)16-10-15(14-2-4-17(5-3-14)21(22,23)24)12-29(13-16)20(30)28-6-8-31-9-7-28;/h2-5,15-16,25H,6-13H2,1H3;1H. The zero-order valence-corrected chi connectivity index (χ0v) is 19.0. The van der Waals surface area contributed by atoms with Gasteiger partial charge in [-0.3, -0.25) is 0 Å². The normalized spacial score (nSPS) is 21.6. The number of hydrogen-bond donors (Lipinski definition) is 1. The lowest BCUT2D eigenvalue weighted by Gasteiger charge is -2.40. The minimum absolute atomic E-state index is 0. The Labute approximate surface area is 195 Å². The summed E-state index contributed by atoms with van der Waals surface area (Å²) < 4.78 is 49.6. The Morgan fingerprint density at radius 2 is 1.79 bits per heavy atom. The number of rotatable bonds is 4. The summed E-state index contributed by atoms with van der Waals surface area (Å²) in [6, 6.07) is 5.07. The van der Waals surface area contributed by atoms with Crippen molar-refractivity contribution >= 4 is 18.4 Å². The number of amides is 2. The van der Waals surface area contributed by atoms with E-state index in [0.717, 1.165) is 17.7 Å². The maximum atomic E-state index is 13.2. The highest BCUT2D eigenvalue weighted by Crippen LogP contribution is 2.37. The van der Waals surface area contributed by atoms with E-state index < -0.39 is 11.7 Å². The molecule has 0 radical (unpaired) electrons. The molecule has 33 heavy (non-hydrogen) atoms. The van der Waals surface area contributed by atoms with E-state index in [1.54, 1.807) is 16.8 Å². The van der Waals surface area contributed by atoms with Crippen LogP contribution >= 0.6 is 12.4 Å². The number of nitrogens with one attached hydrogen (secondary N) is 1. The Morgan fingerprint density at radius 1 is 1.12 bits per heavy atom. The van der Waals surface area contributed by atoms with Gasteiger partial charge in [0.2, 0.25) is 5.89 Å². The summed E-state index contributed by atoms with van der Waals surface area (Å²) in [6.45, 7) is 3.27. The van der Waals surface area contributed by atoms with Gasteiger partial charge in [0.1, 0.15) is 0 Å². The largest absolute Gasteiger partial charge is 0.416 e. The van der Waals surface area contributed by atoms with Crippen molar-refractivity contribution in [2.24, 2.45) is 0 Å². The van der Waals surface area contributed by atoms with Crippen LogP contribution < -0.4 is 5.32 Å². The van der Waals surface area contributed by atoms with Crippen LogP contribution in [0, 0.1) is 0 Å². The van der Waals surface area contributed by atoms with Crippen LogP contribution in [0.1, 0.15) is 41.1 Å². The van der Waals surface area contributed by atoms with Crippen molar-refractivity contribution in [3.8, 4) is 0 Å². The van der Waals surface area contributed by atoms with E-state index in [2.05, 4.69) is 15.5 Å². The fourth-order valence-electron chi connectivity index (χ4n) is 4.24. The van der Waals surface area contributed by atoms with E-state index >= 15 is 0 Å². The van der Waals surface area contributed by atoms with E-state index in [0.29, 0.717) is 64.1 Å². The summed E-state index contributed by atoms with van der Waals surface area (Å²) in [7, 11) is 1.77. The zero-order valence-electron chi connectivity index (χ0n) is 18.2. The van der Waals surface area contributed by atoms with Gasteiger partial charge in [0.05, 0.1) is 25.3 Å². The predicted octanol–water partition coefficient (Wildman–Crippen LogP) is 3.25. The van der Waals surface area contributed by atoms with Crippen LogP contribution in [-0.4, -0.2) is 72.4 Å². The summed E-state index contributed by atoms with van der Waals surface area (Å²) in [5, 5.41) is 7.04. The number of benzene rings is 1. The van der Waals surface area contributed by atoms with Crippen molar-refractivity contribution in [2.75, 3.05) is 46.4 Å². The summed E-state index contributed by atoms with van der Waals surface area (Å²) in [5.41, 5.74) is 0.0613. The molecule has 2 aliphatic rings. The number of nitrogens with zero attached hydrogens (tertiary/aromatic N) is 4. The molecule has 8 nitrogen and oxygen atoms in total. The lowest BCUT2D eigenvalue weighted by molar-refractivity contribution is -0.137. The lowest BCUT2D eigenvalue weighted by Crippen LogP contribution is -2.52. The quantitative estimate of drug-likeness (QED) is 0.710. The van der Waals surface area contributed by atoms with E-state index in [1.807, 2.05) is 0 Å². The van der Waals surface area contributed by atoms with Crippen molar-refractivity contribution in [3.63, 3.8) is 0 Å². The summed E-state index contributed by atoms with van der Waals surface area (Å²) in [4.78, 5) is 21.1.